The number of nitrogen functional groups attached to an aromatic ring is 2. The molecule has 51 heavy (non-hydrogen) atoms. The zero-order valence-electron chi connectivity index (χ0n) is 25.6. The van der Waals surface area contributed by atoms with Crippen LogP contribution in [0.15, 0.2) is 23.8 Å². The van der Waals surface area contributed by atoms with E-state index in [1.807, 2.05) is 0 Å². The van der Waals surface area contributed by atoms with Gasteiger partial charge in [-0.25, -0.2) is 33.6 Å². The van der Waals surface area contributed by atoms with Gasteiger partial charge in [-0.15, -0.1) is 0 Å². The van der Waals surface area contributed by atoms with Crippen LogP contribution in [0.5, 0.6) is 0 Å². The standard InChI is InChI=1S/C20H26N10O17P3.Na/c21-14-8-15(24-3-23-14)29(4-25-8)18-12(33)10(31)6(44-18)1-42-48(36,37)46-50(40,41)47-49(38,39)43-2-7-11(32)13(34)19(45-7)30-5-26-9-16(30)27-20(22)28-17(9)35;/h3-7,10-13,18-19,31-33H,1-2H2,(H,36,37)(H,38,39)(H,40,41)(H2,21,23,24)(H3,22,27,28,35);/q-1;+1/t6-,7-,10-,11-,12-,13-,18-,19-;/m1./s1. The molecule has 27 nitrogen and oxygen atoms in total. The predicted molar refractivity (Wildman–Crippen MR) is 155 cm³/mol. The van der Waals surface area contributed by atoms with Crippen LogP contribution in [0.3, 0.4) is 0 Å². The van der Waals surface area contributed by atoms with E-state index >= 15 is 0 Å². The summed E-state index contributed by atoms with van der Waals surface area (Å²) in [6.45, 7) is -2.16. The first kappa shape index (κ1) is 39.9. The summed E-state index contributed by atoms with van der Waals surface area (Å²) in [7, 11) is -17.3. The van der Waals surface area contributed by atoms with Gasteiger partial charge in [0.15, 0.2) is 28.9 Å². The van der Waals surface area contributed by atoms with Gasteiger partial charge in [0, 0.05) is 0 Å². The van der Waals surface area contributed by atoms with E-state index in [0.717, 1.165) is 17.2 Å². The van der Waals surface area contributed by atoms with E-state index in [1.165, 1.54) is 10.9 Å². The van der Waals surface area contributed by atoms with Gasteiger partial charge in [0.2, 0.25) is 5.95 Å². The third kappa shape index (κ3) is 8.27. The number of nitrogens with zero attached hydrogens (tertiary/aromatic N) is 7. The number of hydrogen-bond acceptors (Lipinski definition) is 21. The number of nitrogens with two attached hydrogens (primary N) is 2. The second-order valence-electron chi connectivity index (χ2n) is 10.6. The molecular formula is C20H26N10NaO17P3. The third-order valence-corrected chi connectivity index (χ3v) is 11.5. The Morgan fingerprint density at radius 2 is 1.35 bits per heavy atom. The molecule has 4 aromatic heterocycles. The Labute approximate surface area is 304 Å². The summed E-state index contributed by atoms with van der Waals surface area (Å²) in [6, 6.07) is 0. The Morgan fingerprint density at radius 3 is 1.98 bits per heavy atom. The number of phosphoric ester groups is 2. The summed E-state index contributed by atoms with van der Waals surface area (Å²) in [5.74, 6) is -0.318. The van der Waals surface area contributed by atoms with Gasteiger partial charge < -0.3 is 56.0 Å². The quantitative estimate of drug-likeness (QED) is 0.0475. The van der Waals surface area contributed by atoms with Crippen molar-refractivity contribution in [2.24, 2.45) is 0 Å². The number of hydrogen-bond donors (Lipinski definition) is 9. The van der Waals surface area contributed by atoms with Crippen molar-refractivity contribution >= 4 is 57.6 Å². The van der Waals surface area contributed by atoms with Crippen molar-refractivity contribution in [1.29, 1.82) is 0 Å². The number of aliphatic hydroxyl groups excluding tert-OH is 3. The van der Waals surface area contributed by atoms with E-state index in [2.05, 4.69) is 47.6 Å². The van der Waals surface area contributed by atoms with Crippen LogP contribution in [0.1, 0.15) is 12.5 Å². The number of imidazole rings is 2. The van der Waals surface area contributed by atoms with Gasteiger partial charge in [-0.3, -0.25) is 28.0 Å². The molecule has 11 atom stereocenters. The fourth-order valence-corrected chi connectivity index (χ4v) is 8.54. The van der Waals surface area contributed by atoms with Gasteiger partial charge in [0.25, 0.3) is 5.56 Å². The average Bonchev–Trinajstić information content (AvgIpc) is 3.76. The van der Waals surface area contributed by atoms with Crippen molar-refractivity contribution in [3.05, 3.63) is 29.3 Å². The molecular weight excluding hydrogens is 768 g/mol. The number of aromatic amines is 1. The molecule has 6 rings (SSSR count). The molecule has 0 aromatic carbocycles. The molecule has 0 radical (unpaired) electrons. The van der Waals surface area contributed by atoms with Crippen LogP contribution in [-0.4, -0.2) is 119 Å². The minimum absolute atomic E-state index is 0. The molecule has 0 bridgehead atoms. The number of ether oxygens (including phenoxy) is 2. The SMILES string of the molecule is Nc1nc2c(ncn2[C@@H]2O[C@H](COP(=O)(O)OP(=O)(O)OP(=O)(O)OC[C@H]3O[C@@H](n4cnc5c(N)ncnc54)[C@H](O)[C@@H]3O)[C@@H](O)[C@H]2[O-])c(=O)[nH]1.[Na+]. The van der Waals surface area contributed by atoms with Gasteiger partial charge in [-0.1, -0.05) is 0 Å². The molecule has 274 valence electrons. The first-order valence-electron chi connectivity index (χ1n) is 13.7. The van der Waals surface area contributed by atoms with Crippen molar-refractivity contribution in [2.75, 3.05) is 24.7 Å². The van der Waals surface area contributed by atoms with E-state index in [4.69, 9.17) is 20.9 Å². The molecule has 4 aromatic rings. The smallest absolute Gasteiger partial charge is 0.847 e. The Morgan fingerprint density at radius 1 is 0.804 bits per heavy atom. The maximum Gasteiger partial charge on any atom is 1.00 e. The molecule has 6 heterocycles. The van der Waals surface area contributed by atoms with Crippen molar-refractivity contribution in [2.45, 2.75) is 49.1 Å². The number of rotatable bonds is 12. The van der Waals surface area contributed by atoms with E-state index in [-0.39, 0.29) is 63.7 Å². The van der Waals surface area contributed by atoms with Crippen molar-refractivity contribution in [3.8, 4) is 0 Å². The van der Waals surface area contributed by atoms with Gasteiger partial charge in [-0.2, -0.15) is 13.6 Å². The summed E-state index contributed by atoms with van der Waals surface area (Å²) in [6.07, 6.45) is -10.3. The Balaban J connectivity index is 0.00000504. The molecule has 0 amide bonds. The normalized spacial score (nSPS) is 30.2. The number of phosphoric acid groups is 3. The average molecular weight is 794 g/mol. The van der Waals surface area contributed by atoms with Crippen LogP contribution in [-0.2, 0) is 40.8 Å². The number of H-pyrrole nitrogens is 1. The largest absolute Gasteiger partial charge is 1.00 e. The second-order valence-corrected chi connectivity index (χ2v) is 15.2. The van der Waals surface area contributed by atoms with Crippen LogP contribution in [0.4, 0.5) is 11.8 Å². The molecule has 2 saturated heterocycles. The van der Waals surface area contributed by atoms with E-state index < -0.39 is 91.3 Å². The third-order valence-electron chi connectivity index (χ3n) is 7.25. The zero-order chi connectivity index (χ0) is 36.3. The minimum Gasteiger partial charge on any atom is -0.847 e. The maximum atomic E-state index is 12.7. The van der Waals surface area contributed by atoms with E-state index in [0.29, 0.717) is 0 Å². The van der Waals surface area contributed by atoms with Crippen molar-refractivity contribution < 1.29 is 106 Å². The monoisotopic (exact) mass is 794 g/mol. The van der Waals surface area contributed by atoms with Crippen molar-refractivity contribution in [3.63, 3.8) is 0 Å². The van der Waals surface area contributed by atoms with Gasteiger partial charge >= 0.3 is 53.0 Å². The van der Waals surface area contributed by atoms with Crippen LogP contribution in [0.2, 0.25) is 0 Å². The molecule has 2 aliphatic heterocycles. The summed E-state index contributed by atoms with van der Waals surface area (Å²) in [5.41, 5.74) is 10.4. The van der Waals surface area contributed by atoms with Crippen molar-refractivity contribution in [1.82, 2.24) is 39.0 Å². The second kappa shape index (κ2) is 14.8. The number of anilines is 2. The van der Waals surface area contributed by atoms with Crippen LogP contribution < -0.4 is 51.7 Å². The molecule has 0 spiro atoms. The molecule has 11 N–H and O–H groups in total. The fourth-order valence-electron chi connectivity index (χ4n) is 5.02. The number of aromatic nitrogens is 8. The van der Waals surface area contributed by atoms with Crippen LogP contribution in [0.25, 0.3) is 22.3 Å². The Kier molecular flexibility index (Phi) is 11.6. The Hall–Kier alpha value is -2.33. The van der Waals surface area contributed by atoms with E-state index in [9.17, 15) is 53.6 Å². The molecule has 0 saturated carbocycles. The summed E-state index contributed by atoms with van der Waals surface area (Å²) in [4.78, 5) is 63.5. The van der Waals surface area contributed by atoms with Gasteiger partial charge in [0.05, 0.1) is 32.0 Å². The summed E-state index contributed by atoms with van der Waals surface area (Å²) < 4.78 is 67.4. The molecule has 3 unspecified atom stereocenters. The van der Waals surface area contributed by atoms with Crippen LogP contribution >= 0.6 is 23.5 Å². The van der Waals surface area contributed by atoms with Gasteiger partial charge in [-0.05, 0) is 6.10 Å². The molecule has 0 aliphatic carbocycles. The minimum atomic E-state index is -5.98. The van der Waals surface area contributed by atoms with Crippen LogP contribution in [0, 0.1) is 0 Å². The number of nitrogens with one attached hydrogen (secondary N) is 1. The Bertz CT molecular complexity index is 2120. The fraction of sp³-hybridized carbons (Fsp3) is 0.500. The van der Waals surface area contributed by atoms with Gasteiger partial charge in [0.1, 0.15) is 42.5 Å². The first-order valence-corrected chi connectivity index (χ1v) is 18.2. The maximum absolute atomic E-state index is 12.7. The topological polar surface area (TPSA) is 410 Å². The summed E-state index contributed by atoms with van der Waals surface area (Å²) >= 11 is 0. The zero-order valence-corrected chi connectivity index (χ0v) is 30.2. The molecule has 31 heteroatoms. The number of aliphatic hydroxyl groups is 3. The predicted octanol–water partition coefficient (Wildman–Crippen LogP) is -6.90. The van der Waals surface area contributed by atoms with E-state index in [1.54, 1.807) is 0 Å². The number of fused-ring (bicyclic) bond motifs is 2. The molecule has 2 aliphatic rings. The molecule has 2 fully saturated rings. The first-order chi connectivity index (χ1) is 23.4. The summed E-state index contributed by atoms with van der Waals surface area (Å²) in [5, 5.41) is 44.0.